The average Bonchev–Trinajstić information content (AvgIpc) is 3.31. The van der Waals surface area contributed by atoms with Crippen LogP contribution in [0.2, 0.25) is 0 Å². The summed E-state index contributed by atoms with van der Waals surface area (Å²) in [6.45, 7) is 3.27. The number of amides is 1. The number of likely N-dealkylation sites (tertiary alicyclic amines) is 1. The van der Waals surface area contributed by atoms with Crippen molar-refractivity contribution in [2.24, 2.45) is 0 Å². The van der Waals surface area contributed by atoms with E-state index >= 15 is 0 Å². The van der Waals surface area contributed by atoms with Crippen molar-refractivity contribution in [3.63, 3.8) is 0 Å². The van der Waals surface area contributed by atoms with Crippen LogP contribution in [0.25, 0.3) is 0 Å². The first kappa shape index (κ1) is 16.6. The number of rotatable bonds is 5. The summed E-state index contributed by atoms with van der Waals surface area (Å²) < 4.78 is 22.0. The molecule has 3 aliphatic heterocycles. The highest BCUT2D eigenvalue weighted by atomic mass is 16.7. The first-order valence-corrected chi connectivity index (χ1v) is 8.96. The van der Waals surface area contributed by atoms with Gasteiger partial charge in [0.15, 0.2) is 17.8 Å². The standard InChI is InChI=1S/C18H24N2O5/c21-17(19-13-4-5-15-16(11-13)25-12-24-15)6-8-20-7-2-1-3-14(20)18-22-9-10-23-18/h4-5,11,14,18H,1-3,6-10,12H2,(H,19,21). The number of nitrogens with one attached hydrogen (secondary N) is 1. The molecule has 0 aliphatic carbocycles. The number of nitrogens with zero attached hydrogens (tertiary/aromatic N) is 1. The number of anilines is 1. The summed E-state index contributed by atoms with van der Waals surface area (Å²) in [4.78, 5) is 14.6. The van der Waals surface area contributed by atoms with Crippen LogP contribution in [-0.4, -0.2) is 56.2 Å². The molecule has 1 atom stereocenters. The van der Waals surface area contributed by atoms with Gasteiger partial charge in [0.2, 0.25) is 12.7 Å². The summed E-state index contributed by atoms with van der Waals surface area (Å²) in [5.74, 6) is 1.38. The molecule has 0 spiro atoms. The van der Waals surface area contributed by atoms with Gasteiger partial charge >= 0.3 is 0 Å². The molecule has 7 heteroatoms. The minimum Gasteiger partial charge on any atom is -0.454 e. The van der Waals surface area contributed by atoms with Gasteiger partial charge in [0.05, 0.1) is 19.3 Å². The van der Waals surface area contributed by atoms with Crippen molar-refractivity contribution in [3.05, 3.63) is 18.2 Å². The molecular formula is C18H24N2O5. The Kier molecular flexibility index (Phi) is 5.05. The van der Waals surface area contributed by atoms with Crippen molar-refractivity contribution >= 4 is 11.6 Å². The fourth-order valence-electron chi connectivity index (χ4n) is 3.64. The monoisotopic (exact) mass is 348 g/mol. The fourth-order valence-corrected chi connectivity index (χ4v) is 3.64. The summed E-state index contributed by atoms with van der Waals surface area (Å²) >= 11 is 0. The van der Waals surface area contributed by atoms with Crippen molar-refractivity contribution < 1.29 is 23.7 Å². The zero-order valence-electron chi connectivity index (χ0n) is 14.2. The molecule has 0 saturated carbocycles. The molecule has 1 amide bonds. The highest BCUT2D eigenvalue weighted by molar-refractivity contribution is 5.91. The van der Waals surface area contributed by atoms with Gasteiger partial charge < -0.3 is 24.3 Å². The molecule has 1 N–H and O–H groups in total. The summed E-state index contributed by atoms with van der Waals surface area (Å²) in [6.07, 6.45) is 3.71. The fraction of sp³-hybridized carbons (Fsp3) is 0.611. The number of hydrogen-bond donors (Lipinski definition) is 1. The molecule has 1 unspecified atom stereocenters. The van der Waals surface area contributed by atoms with E-state index in [-0.39, 0.29) is 25.0 Å². The molecule has 1 aromatic carbocycles. The first-order chi connectivity index (χ1) is 12.3. The van der Waals surface area contributed by atoms with Crippen LogP contribution in [0.5, 0.6) is 11.5 Å². The molecule has 2 saturated heterocycles. The molecular weight excluding hydrogens is 324 g/mol. The zero-order chi connectivity index (χ0) is 17.1. The lowest BCUT2D eigenvalue weighted by atomic mass is 10.0. The Labute approximate surface area is 147 Å². The molecule has 0 aromatic heterocycles. The van der Waals surface area contributed by atoms with Crippen LogP contribution in [-0.2, 0) is 14.3 Å². The van der Waals surface area contributed by atoms with Gasteiger partial charge in [-0.1, -0.05) is 6.42 Å². The van der Waals surface area contributed by atoms with Gasteiger partial charge in [0.1, 0.15) is 0 Å². The second-order valence-electron chi connectivity index (χ2n) is 6.58. The van der Waals surface area contributed by atoms with E-state index in [9.17, 15) is 4.79 Å². The Bertz CT molecular complexity index is 617. The Morgan fingerprint density at radius 1 is 1.16 bits per heavy atom. The van der Waals surface area contributed by atoms with Crippen LogP contribution in [0.3, 0.4) is 0 Å². The predicted octanol–water partition coefficient (Wildman–Crippen LogP) is 1.97. The lowest BCUT2D eigenvalue weighted by molar-refractivity contribution is -0.120. The van der Waals surface area contributed by atoms with Crippen LogP contribution in [0.4, 0.5) is 5.69 Å². The quantitative estimate of drug-likeness (QED) is 0.877. The maximum Gasteiger partial charge on any atom is 0.231 e. The van der Waals surface area contributed by atoms with E-state index in [1.54, 1.807) is 6.07 Å². The number of ether oxygens (including phenoxy) is 4. The molecule has 7 nitrogen and oxygen atoms in total. The molecule has 3 heterocycles. The van der Waals surface area contributed by atoms with Gasteiger partial charge in [0, 0.05) is 24.7 Å². The Morgan fingerprint density at radius 2 is 2.00 bits per heavy atom. The van der Waals surface area contributed by atoms with Crippen LogP contribution >= 0.6 is 0 Å². The normalized spacial score (nSPS) is 23.8. The number of hydrogen-bond acceptors (Lipinski definition) is 6. The van der Waals surface area contributed by atoms with E-state index in [0.717, 1.165) is 25.1 Å². The van der Waals surface area contributed by atoms with E-state index in [2.05, 4.69) is 10.2 Å². The lowest BCUT2D eigenvalue weighted by Crippen LogP contribution is -2.48. The number of fused-ring (bicyclic) bond motifs is 1. The highest BCUT2D eigenvalue weighted by Gasteiger charge is 2.33. The Hall–Kier alpha value is -1.83. The van der Waals surface area contributed by atoms with Crippen molar-refractivity contribution in [2.75, 3.05) is 38.4 Å². The maximum absolute atomic E-state index is 12.3. The molecule has 4 rings (SSSR count). The van der Waals surface area contributed by atoms with Crippen molar-refractivity contribution in [1.82, 2.24) is 4.90 Å². The second kappa shape index (κ2) is 7.59. The van der Waals surface area contributed by atoms with E-state index < -0.39 is 0 Å². The minimum absolute atomic E-state index is 0.00329. The molecule has 0 radical (unpaired) electrons. The van der Waals surface area contributed by atoms with Crippen molar-refractivity contribution in [1.29, 1.82) is 0 Å². The van der Waals surface area contributed by atoms with E-state index in [1.807, 2.05) is 12.1 Å². The molecule has 0 bridgehead atoms. The van der Waals surface area contributed by atoms with Crippen LogP contribution < -0.4 is 14.8 Å². The number of piperidine rings is 1. The number of benzene rings is 1. The third kappa shape index (κ3) is 3.89. The summed E-state index contributed by atoms with van der Waals surface area (Å²) in [7, 11) is 0. The van der Waals surface area contributed by atoms with E-state index in [1.165, 1.54) is 6.42 Å². The molecule has 3 aliphatic rings. The maximum atomic E-state index is 12.3. The smallest absolute Gasteiger partial charge is 0.231 e. The van der Waals surface area contributed by atoms with Crippen molar-refractivity contribution in [3.8, 4) is 11.5 Å². The van der Waals surface area contributed by atoms with Gasteiger partial charge in [-0.05, 0) is 31.5 Å². The zero-order valence-corrected chi connectivity index (χ0v) is 14.2. The highest BCUT2D eigenvalue weighted by Crippen LogP contribution is 2.34. The third-order valence-corrected chi connectivity index (χ3v) is 4.91. The number of carbonyl (C=O) groups is 1. The third-order valence-electron chi connectivity index (χ3n) is 4.91. The molecule has 25 heavy (non-hydrogen) atoms. The first-order valence-electron chi connectivity index (χ1n) is 8.96. The summed E-state index contributed by atoms with van der Waals surface area (Å²) in [5.41, 5.74) is 0.729. The molecule has 136 valence electrons. The largest absolute Gasteiger partial charge is 0.454 e. The van der Waals surface area contributed by atoms with Gasteiger partial charge in [-0.3, -0.25) is 9.69 Å². The molecule has 1 aromatic rings. The van der Waals surface area contributed by atoms with Crippen molar-refractivity contribution in [2.45, 2.75) is 38.0 Å². The van der Waals surface area contributed by atoms with Gasteiger partial charge in [-0.25, -0.2) is 0 Å². The summed E-state index contributed by atoms with van der Waals surface area (Å²) in [5, 5.41) is 2.93. The minimum atomic E-state index is -0.141. The van der Waals surface area contributed by atoms with E-state index in [4.69, 9.17) is 18.9 Å². The Morgan fingerprint density at radius 3 is 2.88 bits per heavy atom. The topological polar surface area (TPSA) is 69.3 Å². The average molecular weight is 348 g/mol. The Balaban J connectivity index is 1.30. The van der Waals surface area contributed by atoms with Gasteiger partial charge in [-0.2, -0.15) is 0 Å². The SMILES string of the molecule is O=C(CCN1CCCCC1C1OCCO1)Nc1ccc2c(c1)OCO2. The second-order valence-corrected chi connectivity index (χ2v) is 6.58. The van der Waals surface area contributed by atoms with Crippen LogP contribution in [0.15, 0.2) is 18.2 Å². The summed E-state index contributed by atoms with van der Waals surface area (Å²) in [6, 6.07) is 5.70. The number of carbonyl (C=O) groups excluding carboxylic acids is 1. The van der Waals surface area contributed by atoms with Crippen LogP contribution in [0.1, 0.15) is 25.7 Å². The lowest BCUT2D eigenvalue weighted by Gasteiger charge is -2.37. The molecule has 2 fully saturated rings. The van der Waals surface area contributed by atoms with Crippen LogP contribution in [0, 0.1) is 0 Å². The van der Waals surface area contributed by atoms with E-state index in [0.29, 0.717) is 37.7 Å². The predicted molar refractivity (Wildman–Crippen MR) is 90.7 cm³/mol. The van der Waals surface area contributed by atoms with Gasteiger partial charge in [-0.15, -0.1) is 0 Å². The van der Waals surface area contributed by atoms with Gasteiger partial charge in [0.25, 0.3) is 0 Å².